The van der Waals surface area contributed by atoms with Crippen molar-refractivity contribution >= 4 is 48.0 Å². The highest BCUT2D eigenvalue weighted by Gasteiger charge is 2.37. The first-order valence-corrected chi connectivity index (χ1v) is 11.6. The van der Waals surface area contributed by atoms with Crippen LogP contribution < -0.4 is 10.6 Å². The number of aliphatic hydroxyl groups excluding tert-OH is 1. The minimum Gasteiger partial charge on any atom is -0.389 e. The molecule has 1 atom stereocenters. The molecule has 186 valence electrons. The fourth-order valence-corrected chi connectivity index (χ4v) is 4.95. The Bertz CT molecular complexity index is 783. The van der Waals surface area contributed by atoms with Gasteiger partial charge in [0.05, 0.1) is 12.7 Å². The van der Waals surface area contributed by atoms with Gasteiger partial charge < -0.3 is 20.5 Å². The zero-order valence-electron chi connectivity index (χ0n) is 19.6. The highest BCUT2D eigenvalue weighted by Crippen LogP contribution is 2.30. The first-order chi connectivity index (χ1) is 14.5. The van der Waals surface area contributed by atoms with Crippen molar-refractivity contribution in [2.45, 2.75) is 69.9 Å². The number of nitrogens with one attached hydrogen (secondary N) is 2. The number of hydrogen-bond donors (Lipinski definition) is 3. The van der Waals surface area contributed by atoms with E-state index in [4.69, 9.17) is 27.9 Å². The van der Waals surface area contributed by atoms with Gasteiger partial charge in [-0.1, -0.05) is 47.5 Å². The smallest absolute Gasteiger partial charge is 0.108 e. The van der Waals surface area contributed by atoms with E-state index in [1.54, 1.807) is 0 Å². The molecule has 3 N–H and O–H groups in total. The molecule has 1 aliphatic rings. The lowest BCUT2D eigenvalue weighted by Crippen LogP contribution is -2.62. The van der Waals surface area contributed by atoms with Gasteiger partial charge in [0.25, 0.3) is 0 Å². The summed E-state index contributed by atoms with van der Waals surface area (Å²) in [6.07, 6.45) is 1.12. The van der Waals surface area contributed by atoms with Crippen molar-refractivity contribution in [3.05, 3.63) is 69.7 Å². The van der Waals surface area contributed by atoms with Crippen LogP contribution in [0.1, 0.15) is 57.8 Å². The summed E-state index contributed by atoms with van der Waals surface area (Å²) in [4.78, 5) is 0. The molecule has 33 heavy (non-hydrogen) atoms. The number of benzene rings is 2. The number of rotatable bonds is 8. The predicted octanol–water partition coefficient (Wildman–Crippen LogP) is 6.20. The highest BCUT2D eigenvalue weighted by atomic mass is 35.5. The molecule has 0 aromatic heterocycles. The molecule has 1 aliphatic heterocycles. The molecule has 0 bridgehead atoms. The Morgan fingerprint density at radius 2 is 1.33 bits per heavy atom. The van der Waals surface area contributed by atoms with Crippen molar-refractivity contribution in [3.8, 4) is 0 Å². The molecule has 0 saturated carbocycles. The fraction of sp³-hybridized carbons (Fsp3) is 0.520. The lowest BCUT2D eigenvalue weighted by Gasteiger charge is -2.47. The van der Waals surface area contributed by atoms with E-state index in [9.17, 15) is 5.11 Å². The third-order valence-electron chi connectivity index (χ3n) is 5.63. The zero-order valence-corrected chi connectivity index (χ0v) is 22.8. The number of halogens is 4. The van der Waals surface area contributed by atoms with Crippen LogP contribution in [-0.4, -0.2) is 41.5 Å². The molecule has 0 aliphatic carbocycles. The van der Waals surface area contributed by atoms with Gasteiger partial charge in [0.15, 0.2) is 0 Å². The maximum atomic E-state index is 10.6. The second-order valence-corrected chi connectivity index (χ2v) is 10.7. The summed E-state index contributed by atoms with van der Waals surface area (Å²) in [5.41, 5.74) is 2.09. The molecule has 0 radical (unpaired) electrons. The number of ether oxygens (including phenoxy) is 1. The molecule has 1 unspecified atom stereocenters. The third kappa shape index (κ3) is 9.54. The Labute approximate surface area is 220 Å². The van der Waals surface area contributed by atoms with E-state index < -0.39 is 6.10 Å². The van der Waals surface area contributed by atoms with Crippen LogP contribution in [0.3, 0.4) is 0 Å². The van der Waals surface area contributed by atoms with Gasteiger partial charge in [-0.2, -0.15) is 0 Å². The summed E-state index contributed by atoms with van der Waals surface area (Å²) in [5.74, 6) is 0. The van der Waals surface area contributed by atoms with Crippen molar-refractivity contribution in [2.24, 2.45) is 0 Å². The number of piperidine rings is 1. The summed E-state index contributed by atoms with van der Waals surface area (Å²) in [6, 6.07) is 15.5. The van der Waals surface area contributed by atoms with Crippen LogP contribution in [0.2, 0.25) is 10.0 Å². The summed E-state index contributed by atoms with van der Waals surface area (Å²) in [5, 5.41) is 19.2. The molecule has 2 aromatic carbocycles. The van der Waals surface area contributed by atoms with E-state index in [1.807, 2.05) is 48.5 Å². The van der Waals surface area contributed by atoms with Crippen molar-refractivity contribution < 1.29 is 9.84 Å². The standard InChI is InChI=1S/C25H34Cl2N2O2.2ClH/c1-24(2)13-21(14-25(3,4)29-24)28-15-22(30)16-31-23(17-5-9-19(26)10-6-17)18-7-11-20(27)12-8-18;;/h5-12,21-23,28-30H,13-16H2,1-4H3;2*1H. The molecule has 1 fully saturated rings. The molecule has 1 heterocycles. The quantitative estimate of drug-likeness (QED) is 0.375. The third-order valence-corrected chi connectivity index (χ3v) is 6.14. The molecule has 0 amide bonds. The van der Waals surface area contributed by atoms with Crippen molar-refractivity contribution in [1.82, 2.24) is 10.6 Å². The average Bonchev–Trinajstić information content (AvgIpc) is 2.67. The van der Waals surface area contributed by atoms with Gasteiger partial charge in [-0.3, -0.25) is 0 Å². The van der Waals surface area contributed by atoms with Crippen molar-refractivity contribution in [3.63, 3.8) is 0 Å². The fourth-order valence-electron chi connectivity index (χ4n) is 4.70. The minimum atomic E-state index is -0.608. The highest BCUT2D eigenvalue weighted by molar-refractivity contribution is 6.30. The average molecular weight is 538 g/mol. The second kappa shape index (κ2) is 12.9. The Balaban J connectivity index is 0.00000272. The van der Waals surface area contributed by atoms with E-state index in [-0.39, 0.29) is 48.6 Å². The number of aliphatic hydroxyl groups is 1. The van der Waals surface area contributed by atoms with Gasteiger partial charge in [0.1, 0.15) is 6.10 Å². The van der Waals surface area contributed by atoms with Crippen molar-refractivity contribution in [2.75, 3.05) is 13.2 Å². The molecule has 2 aromatic rings. The summed E-state index contributed by atoms with van der Waals surface area (Å²) in [6.45, 7) is 9.62. The maximum Gasteiger partial charge on any atom is 0.108 e. The van der Waals surface area contributed by atoms with Gasteiger partial charge in [-0.05, 0) is 75.9 Å². The van der Waals surface area contributed by atoms with E-state index in [0.717, 1.165) is 24.0 Å². The predicted molar refractivity (Wildman–Crippen MR) is 144 cm³/mol. The van der Waals surface area contributed by atoms with Gasteiger partial charge in [0, 0.05) is 33.7 Å². The van der Waals surface area contributed by atoms with Crippen LogP contribution >= 0.6 is 48.0 Å². The Morgan fingerprint density at radius 3 is 1.76 bits per heavy atom. The Hall–Kier alpha value is -0.560. The van der Waals surface area contributed by atoms with E-state index in [2.05, 4.69) is 38.3 Å². The second-order valence-electron chi connectivity index (χ2n) is 9.88. The van der Waals surface area contributed by atoms with Crippen LogP contribution in [0.5, 0.6) is 0 Å². The monoisotopic (exact) mass is 536 g/mol. The van der Waals surface area contributed by atoms with Crippen LogP contribution in [0.25, 0.3) is 0 Å². The van der Waals surface area contributed by atoms with Crippen molar-refractivity contribution in [1.29, 1.82) is 0 Å². The molecule has 3 rings (SSSR count). The van der Waals surface area contributed by atoms with Crippen LogP contribution in [0.15, 0.2) is 48.5 Å². The SMILES string of the molecule is CC1(C)CC(NCC(O)COC(c2ccc(Cl)cc2)c2ccc(Cl)cc2)CC(C)(C)N1.Cl.Cl. The maximum absolute atomic E-state index is 10.6. The van der Waals surface area contributed by atoms with Crippen LogP contribution in [0, 0.1) is 0 Å². The van der Waals surface area contributed by atoms with E-state index >= 15 is 0 Å². The zero-order chi connectivity index (χ0) is 22.6. The Morgan fingerprint density at radius 1 is 0.909 bits per heavy atom. The van der Waals surface area contributed by atoms with Gasteiger partial charge in [-0.25, -0.2) is 0 Å². The van der Waals surface area contributed by atoms with Crippen LogP contribution in [0.4, 0.5) is 0 Å². The topological polar surface area (TPSA) is 53.5 Å². The first kappa shape index (κ1) is 30.5. The lowest BCUT2D eigenvalue weighted by molar-refractivity contribution is 0.00380. The number of hydrogen-bond acceptors (Lipinski definition) is 4. The lowest BCUT2D eigenvalue weighted by atomic mass is 9.79. The molecular formula is C25H36Cl4N2O2. The molecule has 0 spiro atoms. The first-order valence-electron chi connectivity index (χ1n) is 10.9. The molecule has 8 heteroatoms. The van der Waals surface area contributed by atoms with Gasteiger partial charge in [0.2, 0.25) is 0 Å². The largest absolute Gasteiger partial charge is 0.389 e. The van der Waals surface area contributed by atoms with Crippen LogP contribution in [-0.2, 0) is 4.74 Å². The minimum absolute atomic E-state index is 0. The summed E-state index contributed by atoms with van der Waals surface area (Å²) < 4.78 is 6.19. The molecule has 4 nitrogen and oxygen atoms in total. The summed E-state index contributed by atoms with van der Waals surface area (Å²) in [7, 11) is 0. The van der Waals surface area contributed by atoms with E-state index in [1.165, 1.54) is 0 Å². The normalized spacial score (nSPS) is 18.3. The Kier molecular flexibility index (Phi) is 12.0. The molecule has 1 saturated heterocycles. The van der Waals surface area contributed by atoms with Gasteiger partial charge >= 0.3 is 0 Å². The van der Waals surface area contributed by atoms with E-state index in [0.29, 0.717) is 22.6 Å². The molecular weight excluding hydrogens is 502 g/mol. The van der Waals surface area contributed by atoms with Gasteiger partial charge in [-0.15, -0.1) is 24.8 Å². The summed E-state index contributed by atoms with van der Waals surface area (Å²) >= 11 is 12.1.